The largest absolute Gasteiger partial charge is 0.495 e. The zero-order chi connectivity index (χ0) is 20.1. The zero-order valence-electron chi connectivity index (χ0n) is 16.8. The molecule has 156 valence electrons. The molecule has 1 aromatic rings. The van der Waals surface area contributed by atoms with Gasteiger partial charge in [-0.1, -0.05) is 19.1 Å². The summed E-state index contributed by atoms with van der Waals surface area (Å²) in [5.74, 6) is 1.22. The van der Waals surface area contributed by atoms with Crippen LogP contribution in [0, 0.1) is 0 Å². The van der Waals surface area contributed by atoms with Gasteiger partial charge in [-0.25, -0.2) is 8.42 Å². The third kappa shape index (κ3) is 4.97. The molecule has 1 aromatic carbocycles. The van der Waals surface area contributed by atoms with Gasteiger partial charge in [0.1, 0.15) is 5.75 Å². The SMILES string of the molecule is CCCN(C(=O)CN1CCN(c2ccccc2OC)CC1)[C@@H]1CCS(=O)(=O)C1. The van der Waals surface area contributed by atoms with Crippen molar-refractivity contribution in [3.63, 3.8) is 0 Å². The summed E-state index contributed by atoms with van der Waals surface area (Å²) in [5.41, 5.74) is 1.08. The molecule has 0 bridgehead atoms. The number of methoxy groups -OCH3 is 1. The van der Waals surface area contributed by atoms with Crippen molar-refractivity contribution >= 4 is 21.4 Å². The highest BCUT2D eigenvalue weighted by molar-refractivity contribution is 7.91. The Morgan fingerprint density at radius 1 is 1.21 bits per heavy atom. The van der Waals surface area contributed by atoms with Gasteiger partial charge in [-0.15, -0.1) is 0 Å². The molecule has 3 rings (SSSR count). The first-order valence-corrected chi connectivity index (χ1v) is 11.9. The van der Waals surface area contributed by atoms with E-state index < -0.39 is 9.84 Å². The first-order chi connectivity index (χ1) is 13.4. The fraction of sp³-hybridized carbons (Fsp3) is 0.650. The minimum Gasteiger partial charge on any atom is -0.495 e. The van der Waals surface area contributed by atoms with E-state index in [0.29, 0.717) is 19.5 Å². The van der Waals surface area contributed by atoms with E-state index >= 15 is 0 Å². The van der Waals surface area contributed by atoms with Crippen molar-refractivity contribution in [3.8, 4) is 5.75 Å². The van der Waals surface area contributed by atoms with Gasteiger partial charge in [0.15, 0.2) is 9.84 Å². The second-order valence-electron chi connectivity index (χ2n) is 7.58. The Kier molecular flexibility index (Phi) is 6.82. The van der Waals surface area contributed by atoms with Crippen molar-refractivity contribution in [2.24, 2.45) is 0 Å². The van der Waals surface area contributed by atoms with Gasteiger partial charge < -0.3 is 14.5 Å². The van der Waals surface area contributed by atoms with Crippen LogP contribution >= 0.6 is 0 Å². The highest BCUT2D eigenvalue weighted by Crippen LogP contribution is 2.28. The van der Waals surface area contributed by atoms with Gasteiger partial charge in [0.05, 0.1) is 30.8 Å². The minimum atomic E-state index is -3.00. The number of piperazine rings is 1. The highest BCUT2D eigenvalue weighted by Gasteiger charge is 2.34. The normalized spacial score (nSPS) is 22.2. The molecule has 0 N–H and O–H groups in total. The third-order valence-corrected chi connectivity index (χ3v) is 7.34. The topological polar surface area (TPSA) is 70.2 Å². The van der Waals surface area contributed by atoms with Crippen molar-refractivity contribution in [2.75, 3.05) is 62.8 Å². The third-order valence-electron chi connectivity index (χ3n) is 5.59. The standard InChI is InChI=1S/C20H31N3O4S/c1-3-9-23(17-8-14-28(25,26)16-17)20(24)15-21-10-12-22(13-11-21)18-6-4-5-7-19(18)27-2/h4-7,17H,3,8-16H2,1-2H3/t17-/m1/s1. The van der Waals surface area contributed by atoms with E-state index in [1.165, 1.54) is 0 Å². The summed E-state index contributed by atoms with van der Waals surface area (Å²) < 4.78 is 29.1. The van der Waals surface area contributed by atoms with Gasteiger partial charge in [0.2, 0.25) is 5.91 Å². The molecule has 28 heavy (non-hydrogen) atoms. The average Bonchev–Trinajstić information content (AvgIpc) is 3.06. The van der Waals surface area contributed by atoms with E-state index in [4.69, 9.17) is 4.74 Å². The second kappa shape index (κ2) is 9.13. The number of carbonyl (C=O) groups is 1. The van der Waals surface area contributed by atoms with Crippen molar-refractivity contribution in [1.82, 2.24) is 9.80 Å². The van der Waals surface area contributed by atoms with E-state index in [9.17, 15) is 13.2 Å². The number of ether oxygens (including phenoxy) is 1. The van der Waals surface area contributed by atoms with Gasteiger partial charge in [0.25, 0.3) is 0 Å². The van der Waals surface area contributed by atoms with Crippen LogP contribution in [0.3, 0.4) is 0 Å². The van der Waals surface area contributed by atoms with Crippen LogP contribution in [0.1, 0.15) is 19.8 Å². The van der Waals surface area contributed by atoms with E-state index in [0.717, 1.165) is 44.0 Å². The summed E-state index contributed by atoms with van der Waals surface area (Å²) in [6, 6.07) is 7.83. The molecule has 1 atom stereocenters. The Hall–Kier alpha value is -1.80. The summed E-state index contributed by atoms with van der Waals surface area (Å²) in [6.07, 6.45) is 1.40. The van der Waals surface area contributed by atoms with Crippen LogP contribution in [0.25, 0.3) is 0 Å². The Bertz CT molecular complexity index is 775. The monoisotopic (exact) mass is 409 g/mol. The number of para-hydroxylation sites is 2. The molecule has 2 aliphatic heterocycles. The number of sulfone groups is 1. The summed E-state index contributed by atoms with van der Waals surface area (Å²) in [4.78, 5) is 19.2. The number of anilines is 1. The maximum Gasteiger partial charge on any atom is 0.237 e. The van der Waals surface area contributed by atoms with Gasteiger partial charge in [-0.2, -0.15) is 0 Å². The number of hydrogen-bond donors (Lipinski definition) is 0. The smallest absolute Gasteiger partial charge is 0.237 e. The molecule has 8 heteroatoms. The number of rotatable bonds is 7. The summed E-state index contributed by atoms with van der Waals surface area (Å²) in [6.45, 7) is 6.27. The summed E-state index contributed by atoms with van der Waals surface area (Å²) >= 11 is 0. The predicted molar refractivity (Wildman–Crippen MR) is 111 cm³/mol. The van der Waals surface area contributed by atoms with Crippen molar-refractivity contribution < 1.29 is 17.9 Å². The Labute approximate surface area is 168 Å². The molecule has 2 aliphatic rings. The number of benzene rings is 1. The molecule has 2 saturated heterocycles. The zero-order valence-corrected chi connectivity index (χ0v) is 17.7. The minimum absolute atomic E-state index is 0.0506. The highest BCUT2D eigenvalue weighted by atomic mass is 32.2. The van der Waals surface area contributed by atoms with Crippen LogP contribution in [0.15, 0.2) is 24.3 Å². The molecule has 0 radical (unpaired) electrons. The van der Waals surface area contributed by atoms with Gasteiger partial charge in [-0.05, 0) is 25.0 Å². The average molecular weight is 410 g/mol. The number of amides is 1. The second-order valence-corrected chi connectivity index (χ2v) is 9.81. The molecule has 2 heterocycles. The van der Waals surface area contributed by atoms with Crippen molar-refractivity contribution in [2.45, 2.75) is 25.8 Å². The van der Waals surface area contributed by atoms with Crippen LogP contribution in [-0.4, -0.2) is 88.1 Å². The maximum absolute atomic E-state index is 12.9. The van der Waals surface area contributed by atoms with Gasteiger partial charge in [-0.3, -0.25) is 9.69 Å². The van der Waals surface area contributed by atoms with Crippen LogP contribution < -0.4 is 9.64 Å². The van der Waals surface area contributed by atoms with E-state index in [2.05, 4.69) is 15.9 Å². The van der Waals surface area contributed by atoms with E-state index in [-0.39, 0.29) is 23.5 Å². The first kappa shape index (κ1) is 20.9. The van der Waals surface area contributed by atoms with Crippen LogP contribution in [0.4, 0.5) is 5.69 Å². The Balaban J connectivity index is 1.56. The van der Waals surface area contributed by atoms with Crippen molar-refractivity contribution in [1.29, 1.82) is 0 Å². The molecule has 0 aromatic heterocycles. The summed E-state index contributed by atoms with van der Waals surface area (Å²) in [7, 11) is -1.32. The summed E-state index contributed by atoms with van der Waals surface area (Å²) in [5, 5.41) is 0. The van der Waals surface area contributed by atoms with Crippen LogP contribution in [-0.2, 0) is 14.6 Å². The van der Waals surface area contributed by atoms with E-state index in [1.807, 2.05) is 25.1 Å². The van der Waals surface area contributed by atoms with Gasteiger partial charge >= 0.3 is 0 Å². The van der Waals surface area contributed by atoms with Crippen LogP contribution in [0.5, 0.6) is 5.75 Å². The quantitative estimate of drug-likeness (QED) is 0.675. The molecular weight excluding hydrogens is 378 g/mol. The Morgan fingerprint density at radius 2 is 1.93 bits per heavy atom. The fourth-order valence-electron chi connectivity index (χ4n) is 4.09. The lowest BCUT2D eigenvalue weighted by Crippen LogP contribution is -2.52. The molecule has 0 spiro atoms. The van der Waals surface area contributed by atoms with Crippen LogP contribution in [0.2, 0.25) is 0 Å². The van der Waals surface area contributed by atoms with E-state index in [1.54, 1.807) is 12.0 Å². The van der Waals surface area contributed by atoms with Gasteiger partial charge in [0, 0.05) is 38.8 Å². The first-order valence-electron chi connectivity index (χ1n) is 10.0. The molecule has 0 aliphatic carbocycles. The molecule has 1 amide bonds. The Morgan fingerprint density at radius 3 is 2.54 bits per heavy atom. The lowest BCUT2D eigenvalue weighted by molar-refractivity contribution is -0.134. The molecule has 7 nitrogen and oxygen atoms in total. The number of carbonyl (C=O) groups excluding carboxylic acids is 1. The molecular formula is C20H31N3O4S. The number of nitrogens with zero attached hydrogens (tertiary/aromatic N) is 3. The predicted octanol–water partition coefficient (Wildman–Crippen LogP) is 1.24. The fourth-order valence-corrected chi connectivity index (χ4v) is 5.82. The maximum atomic E-state index is 12.9. The molecule has 0 saturated carbocycles. The van der Waals surface area contributed by atoms with Crippen molar-refractivity contribution in [3.05, 3.63) is 24.3 Å². The lowest BCUT2D eigenvalue weighted by atomic mass is 10.2. The molecule has 0 unspecified atom stereocenters. The molecule has 2 fully saturated rings. The lowest BCUT2D eigenvalue weighted by Gasteiger charge is -2.37. The number of hydrogen-bond acceptors (Lipinski definition) is 6.